The van der Waals surface area contributed by atoms with Crippen molar-refractivity contribution in [3.63, 3.8) is 0 Å². The largest absolute Gasteiger partial charge is 0.342 e. The van der Waals surface area contributed by atoms with Gasteiger partial charge >= 0.3 is 0 Å². The molecule has 2 N–H and O–H groups in total. The zero-order chi connectivity index (χ0) is 15.4. The van der Waals surface area contributed by atoms with Gasteiger partial charge in [-0.05, 0) is 40.0 Å². The second-order valence-corrected chi connectivity index (χ2v) is 5.69. The first-order valence-corrected chi connectivity index (χ1v) is 7.57. The molecule has 21 heavy (non-hydrogen) atoms. The molecular weight excluding hydrogens is 268 g/mol. The summed E-state index contributed by atoms with van der Waals surface area (Å²) in [7, 11) is 0. The Morgan fingerprint density at radius 2 is 2.00 bits per heavy atom. The van der Waals surface area contributed by atoms with E-state index in [0.717, 1.165) is 25.9 Å². The summed E-state index contributed by atoms with van der Waals surface area (Å²) in [5.74, 6) is 0.716. The minimum Gasteiger partial charge on any atom is -0.342 e. The molecule has 1 aromatic heterocycles. The van der Waals surface area contributed by atoms with E-state index in [1.807, 2.05) is 18.7 Å². The van der Waals surface area contributed by atoms with E-state index < -0.39 is 0 Å². The van der Waals surface area contributed by atoms with Crippen LogP contribution < -0.4 is 10.9 Å². The molecule has 2 rings (SSSR count). The number of amides is 1. The van der Waals surface area contributed by atoms with Crippen molar-refractivity contribution in [1.82, 2.24) is 20.2 Å². The number of hydrogen-bond acceptors (Lipinski definition) is 4. The van der Waals surface area contributed by atoms with Gasteiger partial charge < -0.3 is 15.2 Å². The highest BCUT2D eigenvalue weighted by molar-refractivity contribution is 5.78. The van der Waals surface area contributed by atoms with Gasteiger partial charge in [0.25, 0.3) is 5.56 Å². The molecule has 1 aromatic rings. The molecule has 0 aliphatic carbocycles. The van der Waals surface area contributed by atoms with Crippen molar-refractivity contribution in [3.8, 4) is 0 Å². The second-order valence-electron chi connectivity index (χ2n) is 5.69. The first-order valence-electron chi connectivity index (χ1n) is 7.57. The Labute approximate surface area is 125 Å². The van der Waals surface area contributed by atoms with Gasteiger partial charge in [0.05, 0.1) is 12.1 Å². The average Bonchev–Trinajstić information content (AvgIpc) is 2.44. The fraction of sp³-hybridized carbons (Fsp3) is 0.667. The molecule has 0 aromatic carbocycles. The maximum absolute atomic E-state index is 12.1. The minimum absolute atomic E-state index is 0.107. The van der Waals surface area contributed by atoms with E-state index in [0.29, 0.717) is 17.1 Å². The summed E-state index contributed by atoms with van der Waals surface area (Å²) < 4.78 is 0. The maximum Gasteiger partial charge on any atom is 0.255 e. The lowest BCUT2D eigenvalue weighted by Crippen LogP contribution is -2.42. The zero-order valence-electron chi connectivity index (χ0n) is 13.0. The zero-order valence-corrected chi connectivity index (χ0v) is 13.0. The number of nitrogens with one attached hydrogen (secondary N) is 2. The van der Waals surface area contributed by atoms with Gasteiger partial charge in [-0.15, -0.1) is 0 Å². The molecule has 1 aliphatic rings. The highest BCUT2D eigenvalue weighted by Gasteiger charge is 2.19. The van der Waals surface area contributed by atoms with Crippen molar-refractivity contribution in [2.24, 2.45) is 0 Å². The molecule has 1 amide bonds. The summed E-state index contributed by atoms with van der Waals surface area (Å²) in [5, 5.41) is 3.15. The fourth-order valence-electron chi connectivity index (χ4n) is 2.84. The SMILES string of the molecule is Cc1nc(C)c(C(C)NCC(=O)N2CCCCC2)c(=O)[nH]1. The molecule has 6 heteroatoms. The molecule has 6 nitrogen and oxygen atoms in total. The molecular formula is C15H24N4O2. The van der Waals surface area contributed by atoms with Crippen LogP contribution in [0.4, 0.5) is 0 Å². The number of aromatic amines is 1. The Bertz CT molecular complexity index is 561. The monoisotopic (exact) mass is 292 g/mol. The molecule has 1 saturated heterocycles. The van der Waals surface area contributed by atoms with E-state index in [1.54, 1.807) is 6.92 Å². The van der Waals surface area contributed by atoms with E-state index in [-0.39, 0.29) is 24.1 Å². The van der Waals surface area contributed by atoms with Gasteiger partial charge in [-0.2, -0.15) is 0 Å². The number of hydrogen-bond donors (Lipinski definition) is 2. The number of nitrogens with zero attached hydrogens (tertiary/aromatic N) is 2. The van der Waals surface area contributed by atoms with E-state index in [1.165, 1.54) is 6.42 Å². The van der Waals surface area contributed by atoms with Crippen LogP contribution in [0.25, 0.3) is 0 Å². The van der Waals surface area contributed by atoms with Gasteiger partial charge in [0, 0.05) is 24.8 Å². The molecule has 0 radical (unpaired) electrons. The first-order chi connectivity index (χ1) is 9.99. The van der Waals surface area contributed by atoms with Crippen molar-refractivity contribution < 1.29 is 4.79 Å². The van der Waals surface area contributed by atoms with Gasteiger partial charge in [-0.1, -0.05) is 0 Å². The van der Waals surface area contributed by atoms with Gasteiger partial charge in [-0.25, -0.2) is 4.98 Å². The van der Waals surface area contributed by atoms with Crippen molar-refractivity contribution in [3.05, 3.63) is 27.4 Å². The first kappa shape index (κ1) is 15.7. The summed E-state index contributed by atoms with van der Waals surface area (Å²) in [6, 6.07) is -0.199. The predicted molar refractivity (Wildman–Crippen MR) is 81.2 cm³/mol. The predicted octanol–water partition coefficient (Wildman–Crippen LogP) is 1.05. The lowest BCUT2D eigenvalue weighted by molar-refractivity contribution is -0.131. The van der Waals surface area contributed by atoms with Crippen LogP contribution in [-0.4, -0.2) is 40.4 Å². The smallest absolute Gasteiger partial charge is 0.255 e. The van der Waals surface area contributed by atoms with Crippen molar-refractivity contribution in [2.45, 2.75) is 46.1 Å². The maximum atomic E-state index is 12.1. The van der Waals surface area contributed by atoms with E-state index in [4.69, 9.17) is 0 Å². The minimum atomic E-state index is -0.199. The van der Waals surface area contributed by atoms with Crippen LogP contribution in [0.2, 0.25) is 0 Å². The summed E-state index contributed by atoms with van der Waals surface area (Å²) >= 11 is 0. The lowest BCUT2D eigenvalue weighted by Gasteiger charge is -2.27. The molecule has 1 atom stereocenters. The van der Waals surface area contributed by atoms with Gasteiger partial charge in [0.2, 0.25) is 5.91 Å². The Morgan fingerprint density at radius 1 is 1.33 bits per heavy atom. The molecule has 0 saturated carbocycles. The highest BCUT2D eigenvalue weighted by atomic mass is 16.2. The molecule has 2 heterocycles. The number of H-pyrrole nitrogens is 1. The van der Waals surface area contributed by atoms with Gasteiger partial charge in [-0.3, -0.25) is 9.59 Å². The standard InChI is InChI=1S/C15H24N4O2/c1-10(14-11(2)17-12(3)18-15(14)21)16-9-13(20)19-7-5-4-6-8-19/h10,16H,4-9H2,1-3H3,(H,17,18,21). The number of rotatable bonds is 4. The Morgan fingerprint density at radius 3 is 2.62 bits per heavy atom. The van der Waals surface area contributed by atoms with Crippen LogP contribution in [-0.2, 0) is 4.79 Å². The third-order valence-electron chi connectivity index (χ3n) is 3.97. The third-order valence-corrected chi connectivity index (χ3v) is 3.97. The average molecular weight is 292 g/mol. The van der Waals surface area contributed by atoms with E-state index in [2.05, 4.69) is 15.3 Å². The van der Waals surface area contributed by atoms with Crippen molar-refractivity contribution in [2.75, 3.05) is 19.6 Å². The second kappa shape index (κ2) is 6.85. The number of piperidine rings is 1. The van der Waals surface area contributed by atoms with Crippen LogP contribution in [0.1, 0.15) is 49.3 Å². The third kappa shape index (κ3) is 3.91. The number of aromatic nitrogens is 2. The fourth-order valence-corrected chi connectivity index (χ4v) is 2.84. The van der Waals surface area contributed by atoms with Crippen molar-refractivity contribution in [1.29, 1.82) is 0 Å². The topological polar surface area (TPSA) is 78.1 Å². The van der Waals surface area contributed by atoms with Gasteiger partial charge in [0.1, 0.15) is 5.82 Å². The summed E-state index contributed by atoms with van der Waals surface area (Å²) in [6.45, 7) is 7.42. The van der Waals surface area contributed by atoms with Crippen molar-refractivity contribution >= 4 is 5.91 Å². The van der Waals surface area contributed by atoms with Crippen LogP contribution in [0.5, 0.6) is 0 Å². The van der Waals surface area contributed by atoms with Crippen LogP contribution >= 0.6 is 0 Å². The highest BCUT2D eigenvalue weighted by Crippen LogP contribution is 2.12. The summed E-state index contributed by atoms with van der Waals surface area (Å²) in [6.07, 6.45) is 3.38. The molecule has 1 fully saturated rings. The number of aryl methyl sites for hydroxylation is 2. The number of carbonyl (C=O) groups is 1. The molecule has 1 aliphatic heterocycles. The van der Waals surface area contributed by atoms with Crippen LogP contribution in [0.3, 0.4) is 0 Å². The molecule has 116 valence electrons. The normalized spacial score (nSPS) is 16.8. The lowest BCUT2D eigenvalue weighted by atomic mass is 10.1. The molecule has 0 bridgehead atoms. The van der Waals surface area contributed by atoms with Crippen LogP contribution in [0.15, 0.2) is 4.79 Å². The summed E-state index contributed by atoms with van der Waals surface area (Å²) in [4.78, 5) is 33.0. The van der Waals surface area contributed by atoms with Crippen LogP contribution in [0, 0.1) is 13.8 Å². The Balaban J connectivity index is 1.97. The quantitative estimate of drug-likeness (QED) is 0.869. The van der Waals surface area contributed by atoms with E-state index >= 15 is 0 Å². The van der Waals surface area contributed by atoms with E-state index in [9.17, 15) is 9.59 Å². The molecule has 0 spiro atoms. The number of likely N-dealkylation sites (tertiary alicyclic amines) is 1. The Hall–Kier alpha value is -1.69. The van der Waals surface area contributed by atoms with Gasteiger partial charge in [0.15, 0.2) is 0 Å². The summed E-state index contributed by atoms with van der Waals surface area (Å²) in [5.41, 5.74) is 1.18. The number of carbonyl (C=O) groups excluding carboxylic acids is 1. The Kier molecular flexibility index (Phi) is 5.12. The molecule has 1 unspecified atom stereocenters.